The summed E-state index contributed by atoms with van der Waals surface area (Å²) in [5, 5.41) is 5.80. The van der Waals surface area contributed by atoms with Crippen molar-refractivity contribution < 1.29 is 0 Å². The van der Waals surface area contributed by atoms with E-state index in [1.165, 1.54) is 44.6 Å². The zero-order valence-electron chi connectivity index (χ0n) is 11.1. The number of nitrogens with zero attached hydrogens (tertiary/aromatic N) is 3. The number of fused-ring (bicyclic) bond motifs is 1. The molecular formula is C14H20N4S. The van der Waals surface area contributed by atoms with Crippen LogP contribution >= 0.6 is 11.3 Å². The van der Waals surface area contributed by atoms with E-state index in [2.05, 4.69) is 32.4 Å². The van der Waals surface area contributed by atoms with Gasteiger partial charge in [-0.15, -0.1) is 11.3 Å². The normalized spacial score (nSPS) is 25.8. The quantitative estimate of drug-likeness (QED) is 0.930. The Balaban J connectivity index is 1.46. The van der Waals surface area contributed by atoms with Crippen LogP contribution in [0.15, 0.2) is 17.8 Å². The third kappa shape index (κ3) is 2.55. The summed E-state index contributed by atoms with van der Waals surface area (Å²) in [4.78, 5) is 8.39. The summed E-state index contributed by atoms with van der Waals surface area (Å²) in [6, 6.07) is 0.714. The van der Waals surface area contributed by atoms with Gasteiger partial charge < -0.3 is 5.32 Å². The van der Waals surface area contributed by atoms with E-state index in [-0.39, 0.29) is 0 Å². The fourth-order valence-electron chi connectivity index (χ4n) is 3.06. The van der Waals surface area contributed by atoms with Gasteiger partial charge in [-0.25, -0.2) is 4.98 Å². The van der Waals surface area contributed by atoms with Crippen molar-refractivity contribution in [3.63, 3.8) is 0 Å². The molecule has 5 heteroatoms. The number of nitrogens with one attached hydrogen (secondary N) is 1. The van der Waals surface area contributed by atoms with Gasteiger partial charge in [-0.1, -0.05) is 0 Å². The molecule has 1 N–H and O–H groups in total. The predicted octanol–water partition coefficient (Wildman–Crippen LogP) is 1.97. The van der Waals surface area contributed by atoms with Gasteiger partial charge >= 0.3 is 0 Å². The second kappa shape index (κ2) is 4.89. The van der Waals surface area contributed by atoms with Gasteiger partial charge in [0.1, 0.15) is 0 Å². The highest BCUT2D eigenvalue weighted by Crippen LogP contribution is 2.33. The molecule has 2 aromatic heterocycles. The zero-order valence-corrected chi connectivity index (χ0v) is 11.9. The fraction of sp³-hybridized carbons (Fsp3) is 0.643. The number of rotatable bonds is 3. The van der Waals surface area contributed by atoms with Crippen LogP contribution in [-0.4, -0.2) is 40.0 Å². The molecule has 1 saturated heterocycles. The maximum absolute atomic E-state index is 4.70. The minimum absolute atomic E-state index is 0.714. The lowest BCUT2D eigenvalue weighted by Crippen LogP contribution is -2.39. The second-order valence-electron chi connectivity index (χ2n) is 5.81. The van der Waals surface area contributed by atoms with E-state index in [0.717, 1.165) is 17.4 Å². The molecule has 0 aromatic carbocycles. The van der Waals surface area contributed by atoms with E-state index < -0.39 is 0 Å². The van der Waals surface area contributed by atoms with Crippen molar-refractivity contribution in [2.24, 2.45) is 5.92 Å². The van der Waals surface area contributed by atoms with Gasteiger partial charge in [0.05, 0.1) is 5.69 Å². The average molecular weight is 276 g/mol. The fourth-order valence-corrected chi connectivity index (χ4v) is 3.78. The Labute approximate surface area is 117 Å². The third-order valence-corrected chi connectivity index (χ3v) is 5.00. The summed E-state index contributed by atoms with van der Waals surface area (Å²) in [5.41, 5.74) is 1.21. The van der Waals surface area contributed by atoms with Crippen LogP contribution in [0, 0.1) is 5.92 Å². The van der Waals surface area contributed by atoms with Crippen molar-refractivity contribution in [2.45, 2.75) is 31.8 Å². The van der Waals surface area contributed by atoms with E-state index >= 15 is 0 Å². The number of hydrogen-bond acceptors (Lipinski definition) is 4. The third-order valence-electron chi connectivity index (χ3n) is 4.23. The lowest BCUT2D eigenvalue weighted by molar-refractivity contribution is 0.248. The Morgan fingerprint density at radius 1 is 1.42 bits per heavy atom. The maximum Gasteiger partial charge on any atom is 0.193 e. The molecule has 0 amide bonds. The van der Waals surface area contributed by atoms with Crippen molar-refractivity contribution >= 4 is 16.3 Å². The number of aromatic nitrogens is 2. The Kier molecular flexibility index (Phi) is 3.06. The number of imidazole rings is 1. The SMILES string of the molecule is c1cn2cc(CN3CCCNC(C4CC4)C3)nc2s1. The highest BCUT2D eigenvalue weighted by molar-refractivity contribution is 7.15. The van der Waals surface area contributed by atoms with Crippen LogP contribution in [0.25, 0.3) is 4.96 Å². The van der Waals surface area contributed by atoms with Gasteiger partial charge in [0.25, 0.3) is 0 Å². The molecule has 4 rings (SSSR count). The summed E-state index contributed by atoms with van der Waals surface area (Å²) < 4.78 is 2.13. The van der Waals surface area contributed by atoms with Crippen LogP contribution in [0.2, 0.25) is 0 Å². The second-order valence-corrected chi connectivity index (χ2v) is 6.68. The molecule has 3 heterocycles. The Hall–Kier alpha value is -0.910. The van der Waals surface area contributed by atoms with Crippen LogP contribution in [0.5, 0.6) is 0 Å². The first-order chi connectivity index (χ1) is 9.38. The lowest BCUT2D eigenvalue weighted by Gasteiger charge is -2.23. The largest absolute Gasteiger partial charge is 0.312 e. The molecule has 1 aliphatic heterocycles. The summed E-state index contributed by atoms with van der Waals surface area (Å²) in [6.07, 6.45) is 8.37. The summed E-state index contributed by atoms with van der Waals surface area (Å²) in [7, 11) is 0. The zero-order chi connectivity index (χ0) is 12.7. The van der Waals surface area contributed by atoms with Gasteiger partial charge in [0.2, 0.25) is 0 Å². The van der Waals surface area contributed by atoms with Gasteiger partial charge in [-0.2, -0.15) is 0 Å². The highest BCUT2D eigenvalue weighted by Gasteiger charge is 2.33. The van der Waals surface area contributed by atoms with Crippen molar-refractivity contribution in [1.82, 2.24) is 19.6 Å². The summed E-state index contributed by atoms with van der Waals surface area (Å²) in [5.74, 6) is 0.936. The van der Waals surface area contributed by atoms with Crippen LogP contribution in [-0.2, 0) is 6.54 Å². The van der Waals surface area contributed by atoms with Gasteiger partial charge in [0.15, 0.2) is 4.96 Å². The molecule has 0 spiro atoms. The lowest BCUT2D eigenvalue weighted by atomic mass is 10.2. The number of thiazole rings is 1. The molecule has 102 valence electrons. The molecule has 2 aromatic rings. The Morgan fingerprint density at radius 2 is 2.37 bits per heavy atom. The van der Waals surface area contributed by atoms with Crippen LogP contribution < -0.4 is 5.32 Å². The molecule has 1 aliphatic carbocycles. The van der Waals surface area contributed by atoms with Crippen molar-refractivity contribution in [3.8, 4) is 0 Å². The average Bonchev–Trinajstić information content (AvgIpc) is 3.08. The topological polar surface area (TPSA) is 32.6 Å². The van der Waals surface area contributed by atoms with E-state index in [1.807, 2.05) is 0 Å². The minimum atomic E-state index is 0.714. The van der Waals surface area contributed by atoms with Crippen LogP contribution in [0.4, 0.5) is 0 Å². The predicted molar refractivity (Wildman–Crippen MR) is 77.5 cm³/mol. The van der Waals surface area contributed by atoms with Crippen molar-refractivity contribution in [1.29, 1.82) is 0 Å². The molecule has 1 unspecified atom stereocenters. The Morgan fingerprint density at radius 3 is 3.21 bits per heavy atom. The standard InChI is InChI=1S/C14H20N4S/c1-4-15-13(11-2-3-11)10-17(5-1)8-12-9-18-6-7-19-14(18)16-12/h6-7,9,11,13,15H,1-5,8,10H2. The van der Waals surface area contributed by atoms with Crippen LogP contribution in [0.3, 0.4) is 0 Å². The number of hydrogen-bond donors (Lipinski definition) is 1. The van der Waals surface area contributed by atoms with E-state index in [0.29, 0.717) is 6.04 Å². The van der Waals surface area contributed by atoms with Gasteiger partial charge in [0, 0.05) is 36.9 Å². The molecule has 1 atom stereocenters. The first kappa shape index (κ1) is 11.9. The van der Waals surface area contributed by atoms with Gasteiger partial charge in [-0.3, -0.25) is 9.30 Å². The van der Waals surface area contributed by atoms with E-state index in [4.69, 9.17) is 4.98 Å². The van der Waals surface area contributed by atoms with E-state index in [1.54, 1.807) is 11.3 Å². The monoisotopic (exact) mass is 276 g/mol. The maximum atomic E-state index is 4.70. The Bertz CT molecular complexity index is 528. The molecule has 0 radical (unpaired) electrons. The smallest absolute Gasteiger partial charge is 0.193 e. The van der Waals surface area contributed by atoms with Gasteiger partial charge in [-0.05, 0) is 38.3 Å². The molecule has 2 fully saturated rings. The highest BCUT2D eigenvalue weighted by atomic mass is 32.1. The van der Waals surface area contributed by atoms with Crippen molar-refractivity contribution in [3.05, 3.63) is 23.5 Å². The van der Waals surface area contributed by atoms with Crippen LogP contribution in [0.1, 0.15) is 25.0 Å². The van der Waals surface area contributed by atoms with Crippen molar-refractivity contribution in [2.75, 3.05) is 19.6 Å². The first-order valence-corrected chi connectivity index (χ1v) is 8.13. The molecule has 4 nitrogen and oxygen atoms in total. The molecular weight excluding hydrogens is 256 g/mol. The molecule has 0 bridgehead atoms. The summed E-state index contributed by atoms with van der Waals surface area (Å²) >= 11 is 1.71. The molecule has 1 saturated carbocycles. The molecule has 2 aliphatic rings. The van der Waals surface area contributed by atoms with E-state index in [9.17, 15) is 0 Å². The summed E-state index contributed by atoms with van der Waals surface area (Å²) in [6.45, 7) is 4.56. The first-order valence-electron chi connectivity index (χ1n) is 7.25. The molecule has 19 heavy (non-hydrogen) atoms. The minimum Gasteiger partial charge on any atom is -0.312 e.